The molecule has 0 radical (unpaired) electrons. The Bertz CT molecular complexity index is 631. The Labute approximate surface area is 95.1 Å². The lowest BCUT2D eigenvalue weighted by molar-refractivity contribution is 0.490. The molecule has 1 aliphatic rings. The van der Waals surface area contributed by atoms with Crippen LogP contribution in [0.15, 0.2) is 28.7 Å². The average molecular weight is 212 g/mol. The van der Waals surface area contributed by atoms with Crippen LogP contribution in [0, 0.1) is 11.8 Å². The van der Waals surface area contributed by atoms with Gasteiger partial charge in [-0.3, -0.25) is 0 Å². The molecule has 0 N–H and O–H groups in total. The van der Waals surface area contributed by atoms with Gasteiger partial charge in [-0.25, -0.2) is 0 Å². The molecule has 1 aromatic carbocycles. The smallest absolute Gasteiger partial charge is 0.135 e. The van der Waals surface area contributed by atoms with Gasteiger partial charge in [-0.15, -0.1) is 0 Å². The Hall–Kier alpha value is -1.50. The van der Waals surface area contributed by atoms with E-state index in [9.17, 15) is 0 Å². The molecule has 16 heavy (non-hydrogen) atoms. The normalized spacial score (nSPS) is 19.3. The maximum Gasteiger partial charge on any atom is 0.135 e. The van der Waals surface area contributed by atoms with E-state index >= 15 is 0 Å². The van der Waals surface area contributed by atoms with Crippen molar-refractivity contribution in [1.29, 1.82) is 0 Å². The average Bonchev–Trinajstić information content (AvgIpc) is 2.66. The van der Waals surface area contributed by atoms with Gasteiger partial charge >= 0.3 is 0 Å². The van der Waals surface area contributed by atoms with Gasteiger partial charge in [0, 0.05) is 10.6 Å². The van der Waals surface area contributed by atoms with E-state index in [1.807, 2.05) is 12.1 Å². The van der Waals surface area contributed by atoms with Crippen LogP contribution in [0.3, 0.4) is 0 Å². The summed E-state index contributed by atoms with van der Waals surface area (Å²) in [6, 6.07) is 8.28. The molecule has 1 unspecified atom stereocenters. The molecule has 0 aliphatic heterocycles. The van der Waals surface area contributed by atoms with Crippen LogP contribution in [0.1, 0.15) is 20.3 Å². The molecule has 1 heteroatoms. The van der Waals surface area contributed by atoms with E-state index in [1.165, 1.54) is 10.6 Å². The van der Waals surface area contributed by atoms with Crippen molar-refractivity contribution in [3.05, 3.63) is 34.9 Å². The first-order valence-electron chi connectivity index (χ1n) is 5.95. The fourth-order valence-corrected chi connectivity index (χ4v) is 2.40. The maximum atomic E-state index is 5.83. The third-order valence-corrected chi connectivity index (χ3v) is 3.48. The molecule has 3 rings (SSSR count). The van der Waals surface area contributed by atoms with Crippen molar-refractivity contribution >= 4 is 23.1 Å². The minimum atomic E-state index is 0.647. The Morgan fingerprint density at radius 3 is 2.88 bits per heavy atom. The van der Waals surface area contributed by atoms with Crippen LogP contribution < -0.4 is 10.6 Å². The first-order valence-corrected chi connectivity index (χ1v) is 5.95. The second-order valence-electron chi connectivity index (χ2n) is 4.89. The summed E-state index contributed by atoms with van der Waals surface area (Å²) < 4.78 is 5.83. The lowest BCUT2D eigenvalue weighted by Gasteiger charge is -2.15. The van der Waals surface area contributed by atoms with Crippen LogP contribution in [0.2, 0.25) is 0 Å². The molecule has 0 saturated carbocycles. The molecule has 1 heterocycles. The predicted octanol–water partition coefficient (Wildman–Crippen LogP) is 2.67. The highest BCUT2D eigenvalue weighted by molar-refractivity contribution is 5.79. The van der Waals surface area contributed by atoms with Crippen LogP contribution in [-0.4, -0.2) is 0 Å². The molecule has 2 aromatic rings. The molecule has 0 saturated heterocycles. The lowest BCUT2D eigenvalue weighted by atomic mass is 9.89. The van der Waals surface area contributed by atoms with E-state index < -0.39 is 0 Å². The zero-order valence-electron chi connectivity index (χ0n) is 9.73. The molecular weight excluding hydrogens is 196 g/mol. The van der Waals surface area contributed by atoms with Crippen LogP contribution in [0.4, 0.5) is 0 Å². The number of hydrogen-bond donors (Lipinski definition) is 0. The number of rotatable bonds is 1. The van der Waals surface area contributed by atoms with E-state index in [4.69, 9.17) is 4.42 Å². The standard InChI is InChI=1S/C15H16O/c1-10(2)11-7-8-15-13(9-11)12-5-3-4-6-14(12)16-15/h3-6,8-11H,7H2,1-2H3. The molecule has 0 fully saturated rings. The summed E-state index contributed by atoms with van der Waals surface area (Å²) in [7, 11) is 0. The molecule has 1 atom stereocenters. The summed E-state index contributed by atoms with van der Waals surface area (Å²) >= 11 is 0. The SMILES string of the molecule is CC(C)C1C=c2c(oc3ccccc23)=CC1. The van der Waals surface area contributed by atoms with Crippen molar-refractivity contribution in [1.82, 2.24) is 0 Å². The maximum absolute atomic E-state index is 5.83. The Balaban J connectivity index is 2.32. The van der Waals surface area contributed by atoms with Gasteiger partial charge < -0.3 is 4.42 Å². The van der Waals surface area contributed by atoms with Crippen LogP contribution >= 0.6 is 0 Å². The Morgan fingerprint density at radius 1 is 1.25 bits per heavy atom. The van der Waals surface area contributed by atoms with Crippen molar-refractivity contribution in [2.24, 2.45) is 11.8 Å². The number of fused-ring (bicyclic) bond motifs is 3. The molecule has 0 spiro atoms. The summed E-state index contributed by atoms with van der Waals surface area (Å²) in [4.78, 5) is 0. The Morgan fingerprint density at radius 2 is 2.06 bits per heavy atom. The van der Waals surface area contributed by atoms with Gasteiger partial charge in [0.25, 0.3) is 0 Å². The molecule has 0 amide bonds. The summed E-state index contributed by atoms with van der Waals surface area (Å²) in [5.41, 5.74) is 2.06. The van der Waals surface area contributed by atoms with Crippen molar-refractivity contribution in [3.63, 3.8) is 0 Å². The fraction of sp³-hybridized carbons (Fsp3) is 0.333. The summed E-state index contributed by atoms with van der Waals surface area (Å²) in [5.74, 6) is 1.34. The molecule has 1 aromatic heterocycles. The fourth-order valence-electron chi connectivity index (χ4n) is 2.40. The van der Waals surface area contributed by atoms with E-state index in [1.54, 1.807) is 0 Å². The van der Waals surface area contributed by atoms with Gasteiger partial charge in [0.1, 0.15) is 11.0 Å². The zero-order valence-corrected chi connectivity index (χ0v) is 9.73. The summed E-state index contributed by atoms with van der Waals surface area (Å²) in [5, 5.41) is 2.54. The van der Waals surface area contributed by atoms with Gasteiger partial charge in [-0.1, -0.05) is 38.1 Å². The largest absolute Gasteiger partial charge is 0.456 e. The van der Waals surface area contributed by atoms with Gasteiger partial charge in [-0.05, 0) is 30.4 Å². The van der Waals surface area contributed by atoms with E-state index in [2.05, 4.69) is 38.1 Å². The topological polar surface area (TPSA) is 13.1 Å². The number of hydrogen-bond acceptors (Lipinski definition) is 1. The van der Waals surface area contributed by atoms with E-state index in [-0.39, 0.29) is 0 Å². The highest BCUT2D eigenvalue weighted by Crippen LogP contribution is 2.20. The molecule has 1 nitrogen and oxygen atoms in total. The van der Waals surface area contributed by atoms with E-state index in [0.717, 1.165) is 17.4 Å². The molecule has 82 valence electrons. The number of furan rings is 1. The van der Waals surface area contributed by atoms with Crippen LogP contribution in [0.25, 0.3) is 23.1 Å². The predicted molar refractivity (Wildman–Crippen MR) is 67.3 cm³/mol. The summed E-state index contributed by atoms with van der Waals surface area (Å²) in [6.07, 6.45) is 5.72. The van der Waals surface area contributed by atoms with Crippen molar-refractivity contribution in [3.8, 4) is 0 Å². The minimum Gasteiger partial charge on any atom is -0.456 e. The minimum absolute atomic E-state index is 0.647. The second-order valence-corrected chi connectivity index (χ2v) is 4.89. The highest BCUT2D eigenvalue weighted by Gasteiger charge is 2.14. The first-order chi connectivity index (χ1) is 7.75. The zero-order chi connectivity index (χ0) is 11.1. The van der Waals surface area contributed by atoms with Gasteiger partial charge in [0.2, 0.25) is 0 Å². The Kier molecular flexibility index (Phi) is 2.13. The lowest BCUT2D eigenvalue weighted by Crippen LogP contribution is -2.27. The number of benzene rings is 1. The van der Waals surface area contributed by atoms with Gasteiger partial charge in [-0.2, -0.15) is 0 Å². The van der Waals surface area contributed by atoms with Crippen molar-refractivity contribution in [2.75, 3.05) is 0 Å². The molecule has 1 aliphatic carbocycles. The first kappa shape index (κ1) is 9.71. The van der Waals surface area contributed by atoms with Crippen molar-refractivity contribution < 1.29 is 4.42 Å². The number of para-hydroxylation sites is 1. The van der Waals surface area contributed by atoms with E-state index in [0.29, 0.717) is 11.8 Å². The van der Waals surface area contributed by atoms with Gasteiger partial charge in [0.05, 0.1) is 0 Å². The summed E-state index contributed by atoms with van der Waals surface area (Å²) in [6.45, 7) is 4.56. The van der Waals surface area contributed by atoms with Crippen molar-refractivity contribution in [2.45, 2.75) is 20.3 Å². The third kappa shape index (κ3) is 1.39. The van der Waals surface area contributed by atoms with Crippen LogP contribution in [-0.2, 0) is 0 Å². The molecular formula is C15H16O. The molecule has 0 bridgehead atoms. The highest BCUT2D eigenvalue weighted by atomic mass is 16.3. The second kappa shape index (κ2) is 3.51. The third-order valence-electron chi connectivity index (χ3n) is 3.48. The monoisotopic (exact) mass is 212 g/mol. The van der Waals surface area contributed by atoms with Crippen LogP contribution in [0.5, 0.6) is 0 Å². The quantitative estimate of drug-likeness (QED) is 0.708. The van der Waals surface area contributed by atoms with Gasteiger partial charge in [0.15, 0.2) is 0 Å².